The Bertz CT molecular complexity index is 536. The zero-order valence-electron chi connectivity index (χ0n) is 11.5. The van der Waals surface area contributed by atoms with Gasteiger partial charge in [-0.15, -0.1) is 0 Å². The van der Waals surface area contributed by atoms with Crippen molar-refractivity contribution >= 4 is 17.7 Å². The van der Waals surface area contributed by atoms with E-state index in [1.807, 2.05) is 0 Å². The number of amides is 1. The number of carbonyl (C=O) groups is 2. The summed E-state index contributed by atoms with van der Waals surface area (Å²) in [5.41, 5.74) is 5.23. The van der Waals surface area contributed by atoms with Crippen LogP contribution in [0.1, 0.15) is 48.2 Å². The first-order valence-corrected chi connectivity index (χ1v) is 6.73. The Morgan fingerprint density at radius 3 is 2.50 bits per heavy atom. The van der Waals surface area contributed by atoms with Crippen LogP contribution in [0.25, 0.3) is 0 Å². The van der Waals surface area contributed by atoms with E-state index in [4.69, 9.17) is 5.73 Å². The zero-order chi connectivity index (χ0) is 14.8. The number of carboxylic acid groups (broad SMARTS) is 1. The van der Waals surface area contributed by atoms with Crippen LogP contribution in [0.15, 0.2) is 12.1 Å². The van der Waals surface area contributed by atoms with Gasteiger partial charge in [-0.05, 0) is 31.9 Å². The van der Waals surface area contributed by atoms with E-state index >= 15 is 0 Å². The molecule has 6 nitrogen and oxygen atoms in total. The van der Waals surface area contributed by atoms with Crippen LogP contribution in [0, 0.1) is 6.92 Å². The monoisotopic (exact) mass is 277 g/mol. The molecule has 0 spiro atoms. The van der Waals surface area contributed by atoms with Gasteiger partial charge < -0.3 is 16.2 Å². The van der Waals surface area contributed by atoms with Gasteiger partial charge in [-0.2, -0.15) is 0 Å². The van der Waals surface area contributed by atoms with E-state index in [2.05, 4.69) is 10.3 Å². The molecule has 0 bridgehead atoms. The predicted octanol–water partition coefficient (Wildman–Crippen LogP) is 1.69. The van der Waals surface area contributed by atoms with Gasteiger partial charge in [0.25, 0.3) is 0 Å². The Morgan fingerprint density at radius 2 is 1.95 bits per heavy atom. The highest BCUT2D eigenvalue weighted by Gasteiger charge is 2.39. The van der Waals surface area contributed by atoms with Gasteiger partial charge in [0.2, 0.25) is 5.91 Å². The maximum Gasteiger partial charge on any atom is 0.329 e. The van der Waals surface area contributed by atoms with Gasteiger partial charge in [0.1, 0.15) is 11.4 Å². The van der Waals surface area contributed by atoms with E-state index in [1.165, 1.54) is 6.07 Å². The molecular formula is C14H19N3O3. The van der Waals surface area contributed by atoms with Gasteiger partial charge in [0, 0.05) is 11.3 Å². The minimum Gasteiger partial charge on any atom is -0.480 e. The molecule has 0 saturated heterocycles. The number of aromatic nitrogens is 1. The molecule has 0 aliphatic heterocycles. The maximum absolute atomic E-state index is 11.6. The Hall–Kier alpha value is -2.11. The topological polar surface area (TPSA) is 105 Å². The van der Waals surface area contributed by atoms with Crippen LogP contribution in [0.4, 0.5) is 5.82 Å². The van der Waals surface area contributed by atoms with Gasteiger partial charge in [-0.1, -0.05) is 19.3 Å². The number of anilines is 1. The molecule has 108 valence electrons. The van der Waals surface area contributed by atoms with Crippen molar-refractivity contribution in [3.8, 4) is 0 Å². The van der Waals surface area contributed by atoms with Gasteiger partial charge in [-0.25, -0.2) is 9.78 Å². The molecule has 1 saturated carbocycles. The normalized spacial score (nSPS) is 17.4. The van der Waals surface area contributed by atoms with E-state index in [9.17, 15) is 14.7 Å². The number of aliphatic carboxylic acids is 1. The van der Waals surface area contributed by atoms with Crippen molar-refractivity contribution in [2.24, 2.45) is 5.73 Å². The van der Waals surface area contributed by atoms with Gasteiger partial charge >= 0.3 is 5.97 Å². The lowest BCUT2D eigenvalue weighted by Crippen LogP contribution is -2.48. The Morgan fingerprint density at radius 1 is 1.30 bits per heavy atom. The summed E-state index contributed by atoms with van der Waals surface area (Å²) in [7, 11) is 0. The number of nitrogens with one attached hydrogen (secondary N) is 1. The summed E-state index contributed by atoms with van der Waals surface area (Å²) in [6.07, 6.45) is 3.90. The maximum atomic E-state index is 11.6. The van der Waals surface area contributed by atoms with Crippen molar-refractivity contribution in [2.75, 3.05) is 5.32 Å². The number of hydrogen-bond donors (Lipinski definition) is 3. The molecule has 4 N–H and O–H groups in total. The Labute approximate surface area is 117 Å². The molecule has 0 radical (unpaired) electrons. The largest absolute Gasteiger partial charge is 0.480 e. The number of nitrogens with two attached hydrogens (primary N) is 1. The average molecular weight is 277 g/mol. The molecule has 2 rings (SSSR count). The minimum atomic E-state index is -0.992. The molecule has 0 aromatic carbocycles. The highest BCUT2D eigenvalue weighted by molar-refractivity contribution is 5.93. The molecule has 1 aliphatic carbocycles. The van der Waals surface area contributed by atoms with Crippen LogP contribution < -0.4 is 11.1 Å². The number of carboxylic acids is 1. The molecule has 1 heterocycles. The molecule has 0 atom stereocenters. The van der Waals surface area contributed by atoms with Crippen molar-refractivity contribution in [3.63, 3.8) is 0 Å². The predicted molar refractivity (Wildman–Crippen MR) is 74.6 cm³/mol. The molecule has 0 unspecified atom stereocenters. The van der Waals surface area contributed by atoms with Crippen LogP contribution in [-0.2, 0) is 4.79 Å². The van der Waals surface area contributed by atoms with E-state index in [1.54, 1.807) is 13.0 Å². The molecular weight excluding hydrogens is 258 g/mol. The highest BCUT2D eigenvalue weighted by Crippen LogP contribution is 2.31. The lowest BCUT2D eigenvalue weighted by atomic mass is 9.81. The smallest absolute Gasteiger partial charge is 0.329 e. The summed E-state index contributed by atoms with van der Waals surface area (Å²) in [6, 6.07) is 3.09. The first-order chi connectivity index (χ1) is 9.43. The second kappa shape index (κ2) is 5.48. The minimum absolute atomic E-state index is 0.330. The third kappa shape index (κ3) is 2.89. The molecule has 1 fully saturated rings. The average Bonchev–Trinajstić information content (AvgIpc) is 2.38. The van der Waals surface area contributed by atoms with Crippen LogP contribution >= 0.6 is 0 Å². The van der Waals surface area contributed by atoms with E-state index < -0.39 is 17.4 Å². The second-order valence-electron chi connectivity index (χ2n) is 5.32. The lowest BCUT2D eigenvalue weighted by molar-refractivity contribution is -0.143. The molecule has 1 aromatic rings. The number of pyridine rings is 1. The van der Waals surface area contributed by atoms with Crippen LogP contribution in [-0.4, -0.2) is 27.5 Å². The van der Waals surface area contributed by atoms with Crippen molar-refractivity contribution in [1.82, 2.24) is 4.98 Å². The number of rotatable bonds is 4. The van der Waals surface area contributed by atoms with Crippen molar-refractivity contribution in [1.29, 1.82) is 0 Å². The first-order valence-electron chi connectivity index (χ1n) is 6.73. The fourth-order valence-electron chi connectivity index (χ4n) is 2.67. The number of carbonyl (C=O) groups excluding carboxylic acids is 1. The quantitative estimate of drug-likeness (QED) is 0.776. The number of nitrogens with zero attached hydrogens (tertiary/aromatic N) is 1. The summed E-state index contributed by atoms with van der Waals surface area (Å²) in [4.78, 5) is 27.1. The van der Waals surface area contributed by atoms with Gasteiger partial charge in [-0.3, -0.25) is 4.79 Å². The van der Waals surface area contributed by atoms with Gasteiger partial charge in [0.05, 0.1) is 0 Å². The van der Waals surface area contributed by atoms with E-state index in [0.717, 1.165) is 19.3 Å². The van der Waals surface area contributed by atoms with Crippen LogP contribution in [0.2, 0.25) is 0 Å². The lowest BCUT2D eigenvalue weighted by Gasteiger charge is -2.34. The molecule has 1 aromatic heterocycles. The zero-order valence-corrected chi connectivity index (χ0v) is 11.5. The summed E-state index contributed by atoms with van der Waals surface area (Å²) in [5.74, 6) is -1.03. The number of hydrogen-bond acceptors (Lipinski definition) is 4. The number of aryl methyl sites for hydroxylation is 1. The second-order valence-corrected chi connectivity index (χ2v) is 5.32. The van der Waals surface area contributed by atoms with E-state index in [-0.39, 0.29) is 0 Å². The molecule has 1 amide bonds. The summed E-state index contributed by atoms with van der Waals surface area (Å²) < 4.78 is 0. The molecule has 6 heteroatoms. The standard InChI is InChI=1S/C14H19N3O3/c1-9-7-10(12(15)18)8-11(16-9)17-14(13(19)20)5-3-2-4-6-14/h7-8H,2-6H2,1H3,(H2,15,18)(H,16,17)(H,19,20). The Balaban J connectivity index is 2.31. The fourth-order valence-corrected chi connectivity index (χ4v) is 2.67. The molecule has 20 heavy (non-hydrogen) atoms. The van der Waals surface area contributed by atoms with Crippen molar-refractivity contribution in [2.45, 2.75) is 44.6 Å². The van der Waals surface area contributed by atoms with Gasteiger partial charge in [0.15, 0.2) is 0 Å². The first kappa shape index (κ1) is 14.3. The van der Waals surface area contributed by atoms with Crippen LogP contribution in [0.5, 0.6) is 0 Å². The summed E-state index contributed by atoms with van der Waals surface area (Å²) in [6.45, 7) is 1.74. The van der Waals surface area contributed by atoms with Crippen molar-refractivity contribution in [3.05, 3.63) is 23.4 Å². The molecule has 1 aliphatic rings. The van der Waals surface area contributed by atoms with Crippen LogP contribution in [0.3, 0.4) is 0 Å². The SMILES string of the molecule is Cc1cc(C(N)=O)cc(NC2(C(=O)O)CCCCC2)n1. The summed E-state index contributed by atoms with van der Waals surface area (Å²) >= 11 is 0. The highest BCUT2D eigenvalue weighted by atomic mass is 16.4. The van der Waals surface area contributed by atoms with E-state index in [0.29, 0.717) is 29.9 Å². The third-order valence-corrected chi connectivity index (χ3v) is 3.72. The summed E-state index contributed by atoms with van der Waals surface area (Å²) in [5, 5.41) is 12.5. The Kier molecular flexibility index (Phi) is 3.92. The third-order valence-electron chi connectivity index (χ3n) is 3.72. The number of primary amides is 1. The van der Waals surface area contributed by atoms with Crippen molar-refractivity contribution < 1.29 is 14.7 Å². The fraction of sp³-hybridized carbons (Fsp3) is 0.500.